The van der Waals surface area contributed by atoms with Gasteiger partial charge < -0.3 is 14.2 Å². The summed E-state index contributed by atoms with van der Waals surface area (Å²) in [6.07, 6.45) is 0.169. The molecule has 25 heavy (non-hydrogen) atoms. The molecule has 0 fully saturated rings. The van der Waals surface area contributed by atoms with Gasteiger partial charge >= 0.3 is 5.97 Å². The number of thiophene rings is 1. The van der Waals surface area contributed by atoms with E-state index in [2.05, 4.69) is 4.98 Å². The molecule has 0 aliphatic heterocycles. The van der Waals surface area contributed by atoms with E-state index < -0.39 is 0 Å². The average Bonchev–Trinajstić information content (AvgIpc) is 3.31. The van der Waals surface area contributed by atoms with Crippen LogP contribution >= 0.6 is 22.7 Å². The minimum absolute atomic E-state index is 0.169. The molecule has 0 aliphatic rings. The zero-order valence-electron chi connectivity index (χ0n) is 13.9. The van der Waals surface area contributed by atoms with Gasteiger partial charge in [-0.2, -0.15) is 11.3 Å². The summed E-state index contributed by atoms with van der Waals surface area (Å²) < 4.78 is 15.8. The lowest BCUT2D eigenvalue weighted by Crippen LogP contribution is -2.08. The van der Waals surface area contributed by atoms with Gasteiger partial charge in [0.2, 0.25) is 0 Å². The zero-order valence-corrected chi connectivity index (χ0v) is 15.5. The topological polar surface area (TPSA) is 57.7 Å². The van der Waals surface area contributed by atoms with E-state index in [1.54, 1.807) is 49.0 Å². The van der Waals surface area contributed by atoms with Gasteiger partial charge in [-0.25, -0.2) is 4.98 Å². The van der Waals surface area contributed by atoms with Gasteiger partial charge in [0, 0.05) is 16.3 Å². The number of aromatic nitrogens is 1. The van der Waals surface area contributed by atoms with Crippen LogP contribution in [0, 0.1) is 0 Å². The summed E-state index contributed by atoms with van der Waals surface area (Å²) in [5.41, 5.74) is 2.66. The van der Waals surface area contributed by atoms with E-state index in [0.29, 0.717) is 11.5 Å². The third-order valence-electron chi connectivity index (χ3n) is 3.50. The highest BCUT2D eigenvalue weighted by Crippen LogP contribution is 2.28. The highest BCUT2D eigenvalue weighted by atomic mass is 32.1. The van der Waals surface area contributed by atoms with Gasteiger partial charge in [-0.3, -0.25) is 4.79 Å². The predicted octanol–water partition coefficient (Wildman–Crippen LogP) is 4.17. The SMILES string of the molecule is COc1ccc(CC(=O)OCc2csc(-c3ccsc3)n2)cc1OC. The van der Waals surface area contributed by atoms with Gasteiger partial charge in [0.1, 0.15) is 11.6 Å². The Morgan fingerprint density at radius 2 is 1.96 bits per heavy atom. The van der Waals surface area contributed by atoms with Crippen LogP contribution in [0.3, 0.4) is 0 Å². The van der Waals surface area contributed by atoms with Crippen LogP contribution in [-0.2, 0) is 22.6 Å². The molecule has 130 valence electrons. The number of thiazole rings is 1. The number of carbonyl (C=O) groups is 1. The van der Waals surface area contributed by atoms with Crippen LogP contribution in [0.15, 0.2) is 40.4 Å². The molecular formula is C18H17NO4S2. The second kappa shape index (κ2) is 8.13. The Kier molecular flexibility index (Phi) is 5.67. The van der Waals surface area contributed by atoms with Gasteiger partial charge in [-0.1, -0.05) is 6.07 Å². The van der Waals surface area contributed by atoms with Gasteiger partial charge in [0.25, 0.3) is 0 Å². The molecule has 0 radical (unpaired) electrons. The van der Waals surface area contributed by atoms with Gasteiger partial charge in [-0.05, 0) is 29.1 Å². The number of nitrogens with zero attached hydrogens (tertiary/aromatic N) is 1. The summed E-state index contributed by atoms with van der Waals surface area (Å²) >= 11 is 3.18. The van der Waals surface area contributed by atoms with Crippen molar-refractivity contribution in [3.8, 4) is 22.1 Å². The Hall–Kier alpha value is -2.38. The molecule has 7 heteroatoms. The van der Waals surface area contributed by atoms with Crippen molar-refractivity contribution >= 4 is 28.6 Å². The molecule has 0 spiro atoms. The second-order valence-electron chi connectivity index (χ2n) is 5.18. The van der Waals surface area contributed by atoms with Crippen LogP contribution < -0.4 is 9.47 Å². The van der Waals surface area contributed by atoms with Crippen molar-refractivity contribution in [3.63, 3.8) is 0 Å². The second-order valence-corrected chi connectivity index (χ2v) is 6.82. The molecule has 0 saturated carbocycles. The van der Waals surface area contributed by atoms with Crippen LogP contribution in [0.1, 0.15) is 11.3 Å². The Bertz CT molecular complexity index is 843. The molecule has 0 saturated heterocycles. The summed E-state index contributed by atoms with van der Waals surface area (Å²) in [5, 5.41) is 6.91. The van der Waals surface area contributed by atoms with Crippen molar-refractivity contribution in [3.05, 3.63) is 51.7 Å². The number of benzene rings is 1. The summed E-state index contributed by atoms with van der Waals surface area (Å²) in [4.78, 5) is 16.6. The fourth-order valence-electron chi connectivity index (χ4n) is 2.25. The van der Waals surface area contributed by atoms with Crippen molar-refractivity contribution in [1.82, 2.24) is 4.98 Å². The van der Waals surface area contributed by atoms with Crippen molar-refractivity contribution in [1.29, 1.82) is 0 Å². The summed E-state index contributed by atoms with van der Waals surface area (Å²) in [5.74, 6) is 0.910. The molecule has 3 rings (SSSR count). The van der Waals surface area contributed by atoms with E-state index >= 15 is 0 Å². The third kappa shape index (κ3) is 4.37. The molecule has 5 nitrogen and oxygen atoms in total. The molecule has 0 bridgehead atoms. The molecule has 0 N–H and O–H groups in total. The standard InChI is InChI=1S/C18H17NO4S2/c1-21-15-4-3-12(7-16(15)22-2)8-17(20)23-9-14-11-25-18(19-14)13-5-6-24-10-13/h3-7,10-11H,8-9H2,1-2H3. The van der Waals surface area contributed by atoms with Gasteiger partial charge in [-0.15, -0.1) is 11.3 Å². The summed E-state index contributed by atoms with van der Waals surface area (Å²) in [7, 11) is 3.14. The third-order valence-corrected chi connectivity index (χ3v) is 5.12. The van der Waals surface area contributed by atoms with E-state index in [1.807, 2.05) is 28.3 Å². The number of esters is 1. The van der Waals surface area contributed by atoms with Crippen molar-refractivity contribution in [2.75, 3.05) is 14.2 Å². The minimum atomic E-state index is -0.308. The fraction of sp³-hybridized carbons (Fsp3) is 0.222. The summed E-state index contributed by atoms with van der Waals surface area (Å²) in [6.45, 7) is 0.173. The molecule has 2 heterocycles. The number of carbonyl (C=O) groups excluding carboxylic acids is 1. The van der Waals surface area contributed by atoms with E-state index in [4.69, 9.17) is 14.2 Å². The van der Waals surface area contributed by atoms with E-state index in [-0.39, 0.29) is 19.0 Å². The smallest absolute Gasteiger partial charge is 0.310 e. The van der Waals surface area contributed by atoms with Gasteiger partial charge in [0.05, 0.1) is 26.3 Å². The monoisotopic (exact) mass is 375 g/mol. The summed E-state index contributed by atoms with van der Waals surface area (Å²) in [6, 6.07) is 7.39. The number of rotatable bonds is 7. The number of hydrogen-bond acceptors (Lipinski definition) is 7. The largest absolute Gasteiger partial charge is 0.493 e. The average molecular weight is 375 g/mol. The minimum Gasteiger partial charge on any atom is -0.493 e. The normalized spacial score (nSPS) is 10.5. The number of ether oxygens (including phenoxy) is 3. The first-order chi connectivity index (χ1) is 12.2. The van der Waals surface area contributed by atoms with E-state index in [1.165, 1.54) is 0 Å². The Morgan fingerprint density at radius 3 is 2.68 bits per heavy atom. The Labute approximate surface area is 153 Å². The fourth-order valence-corrected chi connectivity index (χ4v) is 3.77. The first-order valence-electron chi connectivity index (χ1n) is 7.53. The first-order valence-corrected chi connectivity index (χ1v) is 9.35. The molecule has 3 aromatic rings. The van der Waals surface area contributed by atoms with Crippen molar-refractivity contribution in [2.45, 2.75) is 13.0 Å². The van der Waals surface area contributed by atoms with Crippen LogP contribution in [0.4, 0.5) is 0 Å². The lowest BCUT2D eigenvalue weighted by Gasteiger charge is -2.09. The number of hydrogen-bond donors (Lipinski definition) is 0. The quantitative estimate of drug-likeness (QED) is 0.580. The maximum absolute atomic E-state index is 12.1. The maximum atomic E-state index is 12.1. The highest BCUT2D eigenvalue weighted by Gasteiger charge is 2.11. The van der Waals surface area contributed by atoms with Crippen molar-refractivity contribution in [2.24, 2.45) is 0 Å². The van der Waals surface area contributed by atoms with E-state index in [0.717, 1.165) is 21.8 Å². The number of methoxy groups -OCH3 is 2. The van der Waals surface area contributed by atoms with Crippen LogP contribution in [0.25, 0.3) is 10.6 Å². The van der Waals surface area contributed by atoms with Crippen LogP contribution in [0.2, 0.25) is 0 Å². The zero-order chi connectivity index (χ0) is 17.6. The molecule has 0 amide bonds. The molecule has 2 aromatic heterocycles. The lowest BCUT2D eigenvalue weighted by molar-refractivity contribution is -0.144. The highest BCUT2D eigenvalue weighted by molar-refractivity contribution is 7.14. The predicted molar refractivity (Wildman–Crippen MR) is 98.5 cm³/mol. The van der Waals surface area contributed by atoms with E-state index in [9.17, 15) is 4.79 Å². The molecule has 0 unspecified atom stereocenters. The van der Waals surface area contributed by atoms with Crippen LogP contribution in [0.5, 0.6) is 11.5 Å². The Morgan fingerprint density at radius 1 is 1.12 bits per heavy atom. The lowest BCUT2D eigenvalue weighted by atomic mass is 10.1. The molecule has 0 aliphatic carbocycles. The molecule has 0 atom stereocenters. The maximum Gasteiger partial charge on any atom is 0.310 e. The molecule has 1 aromatic carbocycles. The molecular weight excluding hydrogens is 358 g/mol. The Balaban J connectivity index is 1.56. The van der Waals surface area contributed by atoms with Crippen molar-refractivity contribution < 1.29 is 19.0 Å². The van der Waals surface area contributed by atoms with Gasteiger partial charge in [0.15, 0.2) is 11.5 Å². The first kappa shape index (κ1) is 17.4. The van der Waals surface area contributed by atoms with Crippen LogP contribution in [-0.4, -0.2) is 25.2 Å².